The fourth-order valence-corrected chi connectivity index (χ4v) is 7.91. The monoisotopic (exact) mass is 693 g/mol. The molecule has 0 saturated carbocycles. The second-order valence-electron chi connectivity index (χ2n) is 16.4. The molecule has 53 heavy (non-hydrogen) atoms. The molecule has 0 radical (unpaired) electrons. The van der Waals surface area contributed by atoms with Crippen molar-refractivity contribution in [3.63, 3.8) is 0 Å². The first kappa shape index (κ1) is 32.9. The van der Waals surface area contributed by atoms with Gasteiger partial charge in [-0.25, -0.2) is 4.68 Å². The van der Waals surface area contributed by atoms with Gasteiger partial charge >= 0.3 is 0 Å². The molecule has 0 atom stereocenters. The van der Waals surface area contributed by atoms with Gasteiger partial charge in [-0.15, -0.1) is 0 Å². The van der Waals surface area contributed by atoms with E-state index in [0.29, 0.717) is 0 Å². The van der Waals surface area contributed by atoms with E-state index in [9.17, 15) is 0 Å². The molecule has 262 valence electrons. The molecule has 4 heterocycles. The van der Waals surface area contributed by atoms with Crippen LogP contribution in [0.25, 0.3) is 61.3 Å². The Labute approximate surface area is 310 Å². The minimum Gasteiger partial charge on any atom is -0.457 e. The van der Waals surface area contributed by atoms with Gasteiger partial charge in [-0.2, -0.15) is 5.10 Å². The lowest BCUT2D eigenvalue weighted by Crippen LogP contribution is -2.45. The Balaban J connectivity index is 1.14. The highest BCUT2D eigenvalue weighted by Gasteiger charge is 2.47. The summed E-state index contributed by atoms with van der Waals surface area (Å²) < 4.78 is 14.8. The zero-order chi connectivity index (χ0) is 36.7. The summed E-state index contributed by atoms with van der Waals surface area (Å²) in [4.78, 5) is 4.85. The van der Waals surface area contributed by atoms with Crippen molar-refractivity contribution in [3.8, 4) is 50.8 Å². The highest BCUT2D eigenvalue weighted by molar-refractivity contribution is 6.05. The molecule has 0 N–H and O–H groups in total. The van der Waals surface area contributed by atoms with Crippen molar-refractivity contribution in [1.29, 1.82) is 0 Å². The molecule has 3 aromatic heterocycles. The van der Waals surface area contributed by atoms with Crippen molar-refractivity contribution in [2.75, 3.05) is 0 Å². The summed E-state index contributed by atoms with van der Waals surface area (Å²) in [6, 6.07) is 44.4. The smallest absolute Gasteiger partial charge is 0.139 e. The molecule has 1 aliphatic heterocycles. The molecule has 0 unspecified atom stereocenters. The largest absolute Gasteiger partial charge is 0.457 e. The molecule has 5 aromatic carbocycles. The third kappa shape index (κ3) is 5.29. The van der Waals surface area contributed by atoms with Gasteiger partial charge in [0.1, 0.15) is 22.7 Å². The fourth-order valence-electron chi connectivity index (χ4n) is 7.91. The number of hydrogen-bond donors (Lipinski definition) is 0. The van der Waals surface area contributed by atoms with E-state index in [-0.39, 0.29) is 16.2 Å². The van der Waals surface area contributed by atoms with Crippen molar-refractivity contribution in [2.45, 2.75) is 64.7 Å². The first-order chi connectivity index (χ1) is 25.4. The molecular formula is C48H43N3O2. The Morgan fingerprint density at radius 2 is 1.21 bits per heavy atom. The van der Waals surface area contributed by atoms with Gasteiger partial charge in [0.05, 0.1) is 22.8 Å². The third-order valence-electron chi connectivity index (χ3n) is 11.7. The number of aromatic nitrogens is 3. The molecule has 0 aliphatic carbocycles. The predicted octanol–water partition coefficient (Wildman–Crippen LogP) is 12.8. The predicted molar refractivity (Wildman–Crippen MR) is 216 cm³/mol. The van der Waals surface area contributed by atoms with Crippen molar-refractivity contribution in [2.24, 2.45) is 0 Å². The molecule has 0 fully saturated rings. The maximum atomic E-state index is 6.53. The summed E-state index contributed by atoms with van der Waals surface area (Å²) in [5, 5.41) is 7.58. The summed E-state index contributed by atoms with van der Waals surface area (Å²) in [7, 11) is 0. The van der Waals surface area contributed by atoms with E-state index in [1.54, 1.807) is 0 Å². The SMILES string of the molecule is CC(C)(C)c1ccnc(-c2ccccc2-c2ccccc2-c2cc3n(n2)-c2cc(Oc4ccc5c(c4)oc4ccccc45)ccc2C(C)(C)C3(C)C)c1. The van der Waals surface area contributed by atoms with Crippen molar-refractivity contribution in [1.82, 2.24) is 14.8 Å². The number of para-hydroxylation sites is 1. The van der Waals surface area contributed by atoms with Crippen LogP contribution in [0.1, 0.15) is 65.3 Å². The normalized spacial score (nSPS) is 14.6. The number of furan rings is 1. The summed E-state index contributed by atoms with van der Waals surface area (Å²) in [5.74, 6) is 1.47. The number of pyridine rings is 1. The average molecular weight is 694 g/mol. The fraction of sp³-hybridized carbons (Fsp3) is 0.208. The van der Waals surface area contributed by atoms with Crippen LogP contribution in [-0.2, 0) is 16.2 Å². The lowest BCUT2D eigenvalue weighted by Gasteiger charge is -2.46. The summed E-state index contributed by atoms with van der Waals surface area (Å²) in [6.45, 7) is 16.0. The number of hydrogen-bond acceptors (Lipinski definition) is 4. The van der Waals surface area contributed by atoms with Crippen LogP contribution in [-0.4, -0.2) is 14.8 Å². The number of nitrogens with zero attached hydrogens (tertiary/aromatic N) is 3. The van der Waals surface area contributed by atoms with Crippen LogP contribution in [0.3, 0.4) is 0 Å². The molecule has 0 amide bonds. The van der Waals surface area contributed by atoms with Crippen molar-refractivity contribution in [3.05, 3.63) is 150 Å². The Morgan fingerprint density at radius 1 is 0.585 bits per heavy atom. The molecule has 8 aromatic rings. The third-order valence-corrected chi connectivity index (χ3v) is 11.7. The van der Waals surface area contributed by atoms with Gasteiger partial charge in [0.2, 0.25) is 0 Å². The Hall–Kier alpha value is -5.94. The van der Waals surface area contributed by atoms with E-state index in [4.69, 9.17) is 19.2 Å². The minimum absolute atomic E-state index is 0.0178. The van der Waals surface area contributed by atoms with E-state index in [1.807, 2.05) is 36.5 Å². The average Bonchev–Trinajstić information content (AvgIpc) is 3.77. The van der Waals surface area contributed by atoms with Crippen LogP contribution >= 0.6 is 0 Å². The molecule has 9 rings (SSSR count). The molecule has 0 bridgehead atoms. The van der Waals surface area contributed by atoms with E-state index in [0.717, 1.165) is 78.5 Å². The molecule has 5 heteroatoms. The van der Waals surface area contributed by atoms with Gasteiger partial charge < -0.3 is 9.15 Å². The lowest BCUT2D eigenvalue weighted by atomic mass is 9.60. The van der Waals surface area contributed by atoms with Crippen molar-refractivity contribution >= 4 is 21.9 Å². The minimum atomic E-state index is -0.218. The number of fused-ring (bicyclic) bond motifs is 6. The first-order valence-corrected chi connectivity index (χ1v) is 18.4. The number of ether oxygens (including phenoxy) is 1. The summed E-state index contributed by atoms with van der Waals surface area (Å²) in [6.07, 6.45) is 1.93. The molecular weight excluding hydrogens is 651 g/mol. The van der Waals surface area contributed by atoms with E-state index in [1.165, 1.54) is 11.1 Å². The van der Waals surface area contributed by atoms with Gasteiger partial charge in [0.15, 0.2) is 0 Å². The molecule has 0 saturated heterocycles. The zero-order valence-electron chi connectivity index (χ0n) is 31.4. The quantitative estimate of drug-likeness (QED) is 0.180. The van der Waals surface area contributed by atoms with Crippen LogP contribution in [0.15, 0.2) is 138 Å². The van der Waals surface area contributed by atoms with E-state index < -0.39 is 0 Å². The standard InChI is InChI=1S/C48H43N3O2/c1-46(2,3)30-24-25-49-40(26-30)35-16-10-8-14-33(35)34-15-9-11-17-36(34)41-29-45-48(6,7)47(4,5)39-23-21-31(27-42(39)51(45)50-41)52-32-20-22-38-37-18-12-13-19-43(37)53-44(38)28-32/h8-29H,1-7H3. The topological polar surface area (TPSA) is 53.1 Å². The highest BCUT2D eigenvalue weighted by atomic mass is 16.5. The summed E-state index contributed by atoms with van der Waals surface area (Å²) in [5.41, 5.74) is 12.3. The van der Waals surface area contributed by atoms with Crippen LogP contribution in [0.5, 0.6) is 11.5 Å². The second kappa shape index (κ2) is 11.8. The summed E-state index contributed by atoms with van der Waals surface area (Å²) >= 11 is 0. The van der Waals surface area contributed by atoms with Gasteiger partial charge in [-0.1, -0.05) is 121 Å². The van der Waals surface area contributed by atoms with E-state index >= 15 is 0 Å². The molecule has 5 nitrogen and oxygen atoms in total. The Morgan fingerprint density at radius 3 is 1.94 bits per heavy atom. The first-order valence-electron chi connectivity index (χ1n) is 18.4. The van der Waals surface area contributed by atoms with Gasteiger partial charge in [-0.05, 0) is 70.1 Å². The maximum absolute atomic E-state index is 6.53. The van der Waals surface area contributed by atoms with E-state index in [2.05, 4.69) is 150 Å². The Kier molecular flexibility index (Phi) is 7.33. The van der Waals surface area contributed by atoms with Gasteiger partial charge in [-0.3, -0.25) is 4.98 Å². The second-order valence-corrected chi connectivity index (χ2v) is 16.4. The number of rotatable bonds is 5. The zero-order valence-corrected chi connectivity index (χ0v) is 31.4. The molecule has 0 spiro atoms. The van der Waals surface area contributed by atoms with Crippen LogP contribution in [0.2, 0.25) is 0 Å². The lowest BCUT2D eigenvalue weighted by molar-refractivity contribution is 0.275. The van der Waals surface area contributed by atoms with Gasteiger partial charge in [0, 0.05) is 51.1 Å². The maximum Gasteiger partial charge on any atom is 0.139 e. The number of benzene rings is 5. The van der Waals surface area contributed by atoms with Gasteiger partial charge in [0.25, 0.3) is 0 Å². The highest BCUT2D eigenvalue weighted by Crippen LogP contribution is 2.52. The molecule has 1 aliphatic rings. The Bertz CT molecular complexity index is 2700. The van der Waals surface area contributed by atoms with Crippen LogP contribution < -0.4 is 4.74 Å². The van der Waals surface area contributed by atoms with Crippen molar-refractivity contribution < 1.29 is 9.15 Å². The van der Waals surface area contributed by atoms with Crippen LogP contribution in [0.4, 0.5) is 0 Å². The van der Waals surface area contributed by atoms with Crippen LogP contribution in [0, 0.1) is 0 Å².